The van der Waals surface area contributed by atoms with E-state index in [0.29, 0.717) is 11.3 Å². The fourth-order valence-electron chi connectivity index (χ4n) is 3.69. The molecule has 3 heteroatoms. The summed E-state index contributed by atoms with van der Waals surface area (Å²) in [6.07, 6.45) is 4.40. The van der Waals surface area contributed by atoms with Gasteiger partial charge in [-0.1, -0.05) is 32.0 Å². The van der Waals surface area contributed by atoms with Crippen molar-refractivity contribution in [2.75, 3.05) is 11.9 Å². The predicted molar refractivity (Wildman–Crippen MR) is 95.4 cm³/mol. The molecular weight excluding hydrogens is 282 g/mol. The topological polar surface area (TPSA) is 19.4 Å². The van der Waals surface area contributed by atoms with Crippen molar-refractivity contribution in [2.45, 2.75) is 39.2 Å². The fraction of sp³-hybridized carbons (Fsp3) is 0.350. The lowest BCUT2D eigenvalue weighted by Gasteiger charge is -2.33. The second-order valence-electron chi connectivity index (χ2n) is 6.42. The number of hydrogen-bond acceptors (Lipinski definition) is 3. The average Bonchev–Trinajstić information content (AvgIpc) is 3.12. The first-order chi connectivity index (χ1) is 13.4. The quantitative estimate of drug-likeness (QED) is 0.784. The molecule has 1 aromatic heterocycles. The molecule has 2 aliphatic rings. The molecule has 1 unspecified atom stereocenters. The molecule has 0 saturated heterocycles. The summed E-state index contributed by atoms with van der Waals surface area (Å²) in [4.78, 5) is 7.63. The largest absolute Gasteiger partial charge is 0.359 e. The smallest absolute Gasteiger partial charge is 0.102 e. The van der Waals surface area contributed by atoms with Crippen LogP contribution in [-0.2, 0) is 5.41 Å². The zero-order valence-corrected chi connectivity index (χ0v) is 13.5. The zero-order valence-electron chi connectivity index (χ0n) is 19.5. The van der Waals surface area contributed by atoms with Gasteiger partial charge in [-0.2, -0.15) is 0 Å². The number of aromatic nitrogens is 1. The van der Waals surface area contributed by atoms with Crippen LogP contribution in [0.5, 0.6) is 0 Å². The third-order valence-corrected chi connectivity index (χ3v) is 4.90. The number of hydrogen-bond donors (Lipinski definition) is 0. The van der Waals surface area contributed by atoms with E-state index >= 15 is 0 Å². The van der Waals surface area contributed by atoms with Crippen LogP contribution in [0.1, 0.15) is 45.7 Å². The van der Waals surface area contributed by atoms with E-state index in [0.717, 1.165) is 22.4 Å². The summed E-state index contributed by atoms with van der Waals surface area (Å²) >= 11 is 0. The maximum atomic E-state index is 8.37. The van der Waals surface area contributed by atoms with E-state index in [9.17, 15) is 0 Å². The molecule has 0 saturated carbocycles. The molecule has 0 bridgehead atoms. The Hall–Kier alpha value is -2.29. The second kappa shape index (κ2) is 4.60. The third-order valence-electron chi connectivity index (χ3n) is 4.90. The Morgan fingerprint density at radius 1 is 1.22 bits per heavy atom. The number of nitrogens with zero attached hydrogens (tertiary/aromatic N) is 3. The normalized spacial score (nSPS) is 30.0. The lowest BCUT2D eigenvalue weighted by molar-refractivity contribution is 0.382. The second-order valence-corrected chi connectivity index (χ2v) is 6.42. The third kappa shape index (κ3) is 1.79. The summed E-state index contributed by atoms with van der Waals surface area (Å²) in [6, 6.07) is 7.60. The number of fused-ring (bicyclic) bond motifs is 3. The van der Waals surface area contributed by atoms with Crippen molar-refractivity contribution in [3.8, 4) is 11.1 Å². The molecule has 1 aromatic carbocycles. The number of pyridine rings is 1. The van der Waals surface area contributed by atoms with Crippen LogP contribution >= 0.6 is 0 Å². The average molecular weight is 311 g/mol. The Morgan fingerprint density at radius 2 is 2.09 bits per heavy atom. The minimum absolute atomic E-state index is 0.481. The highest BCUT2D eigenvalue weighted by molar-refractivity contribution is 5.86. The van der Waals surface area contributed by atoms with E-state index in [-0.39, 0.29) is 0 Å². The Morgan fingerprint density at radius 3 is 2.83 bits per heavy atom. The van der Waals surface area contributed by atoms with Gasteiger partial charge in [0.15, 0.2) is 0 Å². The first kappa shape index (κ1) is 9.11. The number of anilines is 1. The standard InChI is InChI=1S/C20H23N3/c1-13-8-9-15-16-7-6-10-21-19(16)20(3,4)17(15)18(13)23-12-11-22(5)14(23)2/h6-12,14H,1-5H3/t14-/m0/s1/i3D3,5D3/t14-,20?. The lowest BCUT2D eigenvalue weighted by atomic mass is 9.82. The molecule has 2 heterocycles. The van der Waals surface area contributed by atoms with Gasteiger partial charge in [-0.15, -0.1) is 0 Å². The molecular formula is C20H23N3. The summed E-state index contributed by atoms with van der Waals surface area (Å²) < 4.78 is 48.5. The number of aryl methyl sites for hydroxylation is 1. The Labute approximate surface area is 146 Å². The molecule has 4 rings (SSSR count). The molecule has 0 radical (unpaired) electrons. The Kier molecular flexibility index (Phi) is 1.82. The van der Waals surface area contributed by atoms with E-state index in [1.807, 2.05) is 36.1 Å². The first-order valence-corrected chi connectivity index (χ1v) is 7.74. The van der Waals surface area contributed by atoms with Crippen molar-refractivity contribution in [1.82, 2.24) is 9.88 Å². The van der Waals surface area contributed by atoms with Crippen molar-refractivity contribution < 1.29 is 8.22 Å². The van der Waals surface area contributed by atoms with Crippen LogP contribution in [0.4, 0.5) is 5.69 Å². The van der Waals surface area contributed by atoms with Crippen LogP contribution in [0.15, 0.2) is 42.9 Å². The van der Waals surface area contributed by atoms with Gasteiger partial charge in [0.2, 0.25) is 0 Å². The van der Waals surface area contributed by atoms with Crippen molar-refractivity contribution in [3.63, 3.8) is 0 Å². The van der Waals surface area contributed by atoms with E-state index in [1.165, 1.54) is 4.90 Å². The van der Waals surface area contributed by atoms with Gasteiger partial charge in [0.1, 0.15) is 6.17 Å². The maximum Gasteiger partial charge on any atom is 0.102 e. The molecule has 1 aliphatic carbocycles. The first-order valence-electron chi connectivity index (χ1n) is 10.7. The molecule has 1 aliphatic heterocycles. The summed E-state index contributed by atoms with van der Waals surface area (Å²) in [5.41, 5.74) is 3.17. The van der Waals surface area contributed by atoms with Crippen molar-refractivity contribution in [3.05, 3.63) is 59.7 Å². The minimum Gasteiger partial charge on any atom is -0.359 e. The number of benzene rings is 1. The van der Waals surface area contributed by atoms with Crippen LogP contribution in [0, 0.1) is 6.92 Å². The van der Waals surface area contributed by atoms with Gasteiger partial charge < -0.3 is 9.80 Å². The number of rotatable bonds is 1. The fourth-order valence-corrected chi connectivity index (χ4v) is 3.69. The molecule has 0 spiro atoms. The van der Waals surface area contributed by atoms with Crippen LogP contribution in [0.25, 0.3) is 11.1 Å². The SMILES string of the molecule is [2H]C([2H])([2H])N1C=CN(c2c(C)ccc3c2C(C)(C([2H])([2H])[2H])c2ncccc2-3)[C@H]1C. The maximum absolute atomic E-state index is 8.37. The molecule has 0 N–H and O–H groups in total. The van der Waals surface area contributed by atoms with Gasteiger partial charge in [-0.3, -0.25) is 4.98 Å². The van der Waals surface area contributed by atoms with Gasteiger partial charge in [0.25, 0.3) is 0 Å². The van der Waals surface area contributed by atoms with E-state index in [2.05, 4.69) is 4.98 Å². The highest BCUT2D eigenvalue weighted by Gasteiger charge is 2.41. The Bertz CT molecular complexity index is 1010. The van der Waals surface area contributed by atoms with Gasteiger partial charge in [0, 0.05) is 44.8 Å². The van der Waals surface area contributed by atoms with E-state index < -0.39 is 25.4 Å². The molecule has 2 atom stereocenters. The van der Waals surface area contributed by atoms with Gasteiger partial charge >= 0.3 is 0 Å². The van der Waals surface area contributed by atoms with E-state index in [4.69, 9.17) is 8.22 Å². The van der Waals surface area contributed by atoms with Crippen LogP contribution in [-0.4, -0.2) is 23.0 Å². The Balaban J connectivity index is 1.99. The van der Waals surface area contributed by atoms with Crippen LogP contribution in [0.2, 0.25) is 0 Å². The highest BCUT2D eigenvalue weighted by Crippen LogP contribution is 2.52. The summed E-state index contributed by atoms with van der Waals surface area (Å²) in [5.74, 6) is 0. The molecule has 23 heavy (non-hydrogen) atoms. The van der Waals surface area contributed by atoms with Crippen molar-refractivity contribution in [2.24, 2.45) is 0 Å². The van der Waals surface area contributed by atoms with Gasteiger partial charge in [-0.25, -0.2) is 0 Å². The van der Waals surface area contributed by atoms with E-state index in [1.54, 1.807) is 32.4 Å². The molecule has 2 aromatic rings. The van der Waals surface area contributed by atoms with Crippen molar-refractivity contribution >= 4 is 5.69 Å². The van der Waals surface area contributed by atoms with Crippen LogP contribution < -0.4 is 4.90 Å². The van der Waals surface area contributed by atoms with Gasteiger partial charge in [-0.05, 0) is 36.6 Å². The summed E-state index contributed by atoms with van der Waals surface area (Å²) in [7, 11) is 0. The molecule has 3 nitrogen and oxygen atoms in total. The summed E-state index contributed by atoms with van der Waals surface area (Å²) in [6.45, 7) is 0.823. The molecule has 0 fully saturated rings. The predicted octanol–water partition coefficient (Wildman–Crippen LogP) is 4.27. The zero-order chi connectivity index (χ0) is 21.4. The summed E-state index contributed by atoms with van der Waals surface area (Å²) in [5, 5.41) is 0. The molecule has 118 valence electrons. The lowest BCUT2D eigenvalue weighted by Crippen LogP contribution is -2.35. The van der Waals surface area contributed by atoms with Crippen molar-refractivity contribution in [1.29, 1.82) is 0 Å². The van der Waals surface area contributed by atoms with Gasteiger partial charge in [0.05, 0.1) is 11.4 Å². The highest BCUT2D eigenvalue weighted by atomic mass is 15.4. The minimum atomic E-state index is -2.33. The van der Waals surface area contributed by atoms with Crippen LogP contribution in [0.3, 0.4) is 0 Å². The monoisotopic (exact) mass is 311 g/mol. The molecule has 0 amide bonds.